The van der Waals surface area contributed by atoms with Crippen LogP contribution in [0.2, 0.25) is 0 Å². The Morgan fingerprint density at radius 1 is 0.607 bits per heavy atom. The maximum absolute atomic E-state index is 13.5. The Morgan fingerprint density at radius 2 is 1.08 bits per heavy atom. The minimum atomic E-state index is -0.241. The smallest absolute Gasteiger partial charge is 0.410 e. The first kappa shape index (κ1) is 58.8. The van der Waals surface area contributed by atoms with Gasteiger partial charge in [0.05, 0.1) is 42.1 Å². The minimum absolute atomic E-state index is 0.0111. The highest BCUT2D eigenvalue weighted by Crippen LogP contribution is 2.68. The number of Topliss-reactive ketones (excluding diaryl/α,β-unsaturated/α-hetero) is 1. The van der Waals surface area contributed by atoms with E-state index in [1.807, 2.05) is 70.5 Å². The maximum Gasteiger partial charge on any atom is 0.410 e. The van der Waals surface area contributed by atoms with E-state index in [0.717, 1.165) is 112 Å². The van der Waals surface area contributed by atoms with Gasteiger partial charge in [0.2, 0.25) is 0 Å². The zero-order valence-electron chi connectivity index (χ0n) is 52.6. The third-order valence-corrected chi connectivity index (χ3v) is 26.5. The summed E-state index contributed by atoms with van der Waals surface area (Å²) in [5, 5.41) is 10.1. The van der Waals surface area contributed by atoms with Crippen LogP contribution in [0.4, 0.5) is 9.59 Å². The minimum Gasteiger partial charge on any atom is -0.445 e. The number of amides is 2. The number of piperidine rings is 2. The molecule has 1 N–H and O–H groups in total. The van der Waals surface area contributed by atoms with Crippen LogP contribution in [0.1, 0.15) is 189 Å². The number of aliphatic hydroxyl groups is 1. The molecule has 5 saturated carbocycles. The average molecular weight is 1150 g/mol. The van der Waals surface area contributed by atoms with Crippen LogP contribution in [0.25, 0.3) is 0 Å². The lowest BCUT2D eigenvalue weighted by atomic mass is 9.50. The van der Waals surface area contributed by atoms with Crippen LogP contribution < -0.4 is 0 Å². The third-order valence-electron chi connectivity index (χ3n) is 26.5. The lowest BCUT2D eigenvalue weighted by Gasteiger charge is -2.54. The van der Waals surface area contributed by atoms with E-state index in [9.17, 15) is 19.5 Å². The van der Waals surface area contributed by atoms with Gasteiger partial charge in [-0.1, -0.05) is 136 Å². The summed E-state index contributed by atoms with van der Waals surface area (Å²) in [6.45, 7) is 23.6. The van der Waals surface area contributed by atoms with Gasteiger partial charge in [-0.15, -0.1) is 0 Å². The molecule has 2 amide bonds. The first-order valence-electron chi connectivity index (χ1n) is 33.8. The van der Waals surface area contributed by atoms with Crippen molar-refractivity contribution < 1.29 is 38.4 Å². The summed E-state index contributed by atoms with van der Waals surface area (Å²) >= 11 is 0. The predicted octanol–water partition coefficient (Wildman–Crippen LogP) is 15.7. The normalized spacial score (nSPS) is 43.8. The highest BCUT2D eigenvalue weighted by molar-refractivity contribution is 5.82. The molecule has 10 heteroatoms. The Bertz CT molecular complexity index is 2900. The average Bonchev–Trinajstić information content (AvgIpc) is 1.67. The Kier molecular flexibility index (Phi) is 15.9. The molecule has 4 aliphatic heterocycles. The number of nitrogens with zero attached hydrogens (tertiary/aromatic N) is 2. The van der Waals surface area contributed by atoms with Crippen LogP contribution in [0.3, 0.4) is 0 Å². The molecule has 0 bridgehead atoms. The Morgan fingerprint density at radius 3 is 1.58 bits per heavy atom. The largest absolute Gasteiger partial charge is 0.445 e. The number of hydrogen-bond acceptors (Lipinski definition) is 8. The summed E-state index contributed by atoms with van der Waals surface area (Å²) in [7, 11) is 0. The molecule has 4 saturated heterocycles. The molecule has 8 aliphatic carbocycles. The summed E-state index contributed by atoms with van der Waals surface area (Å²) in [6, 6.07) is 20.1. The van der Waals surface area contributed by atoms with Crippen molar-refractivity contribution in [2.24, 2.45) is 87.8 Å². The van der Waals surface area contributed by atoms with E-state index >= 15 is 0 Å². The number of carbonyl (C=O) groups is 3. The molecule has 84 heavy (non-hydrogen) atoms. The molecule has 4 heterocycles. The van der Waals surface area contributed by atoms with Gasteiger partial charge in [0.25, 0.3) is 0 Å². The van der Waals surface area contributed by atoms with Gasteiger partial charge in [-0.3, -0.25) is 4.79 Å². The standard InChI is InChI=1S/C37H51NO5.C37H51NO3/c1-22-16-33-34(38(19-22)35(41)42-21-25-8-6-5-7-9-25)24(3)37(43-33)15-12-26-27-10-11-30-29(20-39)32(40)13-14-36(30,4)31(27)17-28(26)23(2)18-37;1-23-13-15-36(5)28(17-23)11-12-30-29-14-16-37(20-25(3)31(29)19-32(30)36)26(4)34-33(41-37)18-24(2)21-38(34)35(39)40-22-27-9-7-6-8-10-27/h5-9,22,24,26-27,29-31,33-34,39H,10-21H2,1-4H3;6-10,17,24,26,28-30,32-34H,11-16,18-22H2,1-5H3/t22-,24+,26-,27-,29?,30+,31-,33+,34-,36-,37-;24-,26+,28+,29-,30-,32-,33+,34-,36-,37-/m00/s1. The molecule has 9 fully saturated rings. The van der Waals surface area contributed by atoms with Crippen molar-refractivity contribution in [2.45, 2.75) is 227 Å². The highest BCUT2D eigenvalue weighted by atomic mass is 16.6. The van der Waals surface area contributed by atoms with Crippen molar-refractivity contribution in [1.82, 2.24) is 9.80 Å². The summed E-state index contributed by atoms with van der Waals surface area (Å²) in [5.41, 5.74) is 10.5. The molecule has 0 aromatic heterocycles. The van der Waals surface area contributed by atoms with Crippen LogP contribution >= 0.6 is 0 Å². The van der Waals surface area contributed by atoms with Crippen molar-refractivity contribution in [2.75, 3.05) is 19.7 Å². The third kappa shape index (κ3) is 10.0. The maximum atomic E-state index is 13.5. The number of allylic oxidation sites excluding steroid dienone is 4. The van der Waals surface area contributed by atoms with E-state index in [-0.39, 0.29) is 77.3 Å². The Labute approximate surface area is 503 Å². The number of aliphatic hydroxyl groups excluding tert-OH is 1. The number of ether oxygens (including phenoxy) is 4. The number of rotatable bonds is 5. The van der Waals surface area contributed by atoms with E-state index in [0.29, 0.717) is 66.5 Å². The number of ketones is 1. The Hall–Kier alpha value is -4.25. The van der Waals surface area contributed by atoms with Crippen LogP contribution in [0.15, 0.2) is 94.6 Å². The van der Waals surface area contributed by atoms with Gasteiger partial charge in [0.1, 0.15) is 19.0 Å². The van der Waals surface area contributed by atoms with Gasteiger partial charge in [0.15, 0.2) is 0 Å². The molecule has 0 radical (unpaired) electrons. The molecular formula is C74H102N2O8. The number of likely N-dealkylation sites (tertiary alicyclic amines) is 2. The lowest BCUT2D eigenvalue weighted by Crippen LogP contribution is -2.54. The Balaban J connectivity index is 0.000000157. The van der Waals surface area contributed by atoms with Crippen LogP contribution in [-0.2, 0) is 37.0 Å². The molecule has 1 unspecified atom stereocenters. The van der Waals surface area contributed by atoms with Crippen LogP contribution in [-0.4, -0.2) is 88.1 Å². The molecule has 21 atom stereocenters. The molecule has 2 aromatic rings. The highest BCUT2D eigenvalue weighted by Gasteiger charge is 2.64. The number of fused-ring (bicyclic) bond motifs is 12. The van der Waals surface area contributed by atoms with Crippen molar-refractivity contribution in [3.63, 3.8) is 0 Å². The van der Waals surface area contributed by atoms with E-state index < -0.39 is 0 Å². The van der Waals surface area contributed by atoms with E-state index in [4.69, 9.17) is 18.9 Å². The molecule has 2 spiro atoms. The molecule has 12 aliphatic rings. The van der Waals surface area contributed by atoms with Crippen molar-refractivity contribution >= 4 is 18.0 Å². The first-order valence-corrected chi connectivity index (χ1v) is 33.8. The summed E-state index contributed by atoms with van der Waals surface area (Å²) in [5.74, 6) is 6.83. The second-order valence-corrected chi connectivity index (χ2v) is 30.9. The molecule has 456 valence electrons. The number of benzene rings is 2. The van der Waals surface area contributed by atoms with Crippen molar-refractivity contribution in [3.05, 3.63) is 106 Å². The number of carbonyl (C=O) groups excluding carboxylic acids is 3. The summed E-state index contributed by atoms with van der Waals surface area (Å²) in [4.78, 5) is 43.8. The van der Waals surface area contributed by atoms with Crippen LogP contribution in [0, 0.1) is 87.8 Å². The van der Waals surface area contributed by atoms with Gasteiger partial charge >= 0.3 is 12.2 Å². The monoisotopic (exact) mass is 1150 g/mol. The first-order chi connectivity index (χ1) is 40.3. The second-order valence-electron chi connectivity index (χ2n) is 30.9. The topological polar surface area (TPSA) is 115 Å². The van der Waals surface area contributed by atoms with Gasteiger partial charge in [-0.2, -0.15) is 0 Å². The second kappa shape index (κ2) is 22.7. The lowest BCUT2D eigenvalue weighted by molar-refractivity contribution is -0.142. The van der Waals surface area contributed by atoms with Crippen LogP contribution in [0.5, 0.6) is 0 Å². The zero-order chi connectivity index (χ0) is 58.6. The molecule has 10 nitrogen and oxygen atoms in total. The van der Waals surface area contributed by atoms with E-state index in [1.54, 1.807) is 22.3 Å². The quantitative estimate of drug-likeness (QED) is 0.295. The molecule has 14 rings (SSSR count). The van der Waals surface area contributed by atoms with E-state index in [1.165, 1.54) is 50.5 Å². The van der Waals surface area contributed by atoms with Gasteiger partial charge < -0.3 is 33.9 Å². The molecule has 2 aromatic carbocycles. The van der Waals surface area contributed by atoms with E-state index in [2.05, 4.69) is 68.4 Å². The van der Waals surface area contributed by atoms with Crippen molar-refractivity contribution in [3.8, 4) is 0 Å². The fourth-order valence-corrected chi connectivity index (χ4v) is 22.2. The zero-order valence-corrected chi connectivity index (χ0v) is 52.6. The van der Waals surface area contributed by atoms with Gasteiger partial charge in [-0.05, 0) is 211 Å². The van der Waals surface area contributed by atoms with Gasteiger partial charge in [-0.25, -0.2) is 9.59 Å². The number of hydrogen-bond donors (Lipinski definition) is 1. The van der Waals surface area contributed by atoms with Gasteiger partial charge in [0, 0.05) is 37.3 Å². The summed E-state index contributed by atoms with van der Waals surface area (Å²) < 4.78 is 26.1. The predicted molar refractivity (Wildman–Crippen MR) is 328 cm³/mol. The van der Waals surface area contributed by atoms with Crippen molar-refractivity contribution in [1.29, 1.82) is 0 Å². The SMILES string of the molecule is CC1=C2C[C@H]3[C@@H](CC[C@@H]4C(CO)C(=O)CC[C@@]43C)[C@@H]2CC[C@@]2(C1)O[C@@H]1C[C@H](C)CN(C(=O)OCc3ccccc3)[C@H]1[C@H]2C.CC1=C[C@H]2CC[C@H]3[C@@H]4CC[C@@]5(CC(C)=C4C[C@@H]3[C@@]2(C)CC1)O[C@@H]1C[C@H](C)CN(C(=O)OCc2ccccc2)[C@H]1[C@H]5C. The molecular weight excluding hydrogens is 1040 g/mol. The fourth-order valence-electron chi connectivity index (χ4n) is 22.2. The summed E-state index contributed by atoms with van der Waals surface area (Å²) in [6.07, 6.45) is 22.7. The fraction of sp³-hybridized carbons (Fsp3) is 0.716.